The molecule has 0 aliphatic heterocycles. The average molecular weight is 363 g/mol. The molecule has 0 radical (unpaired) electrons. The van der Waals surface area contributed by atoms with Crippen LogP contribution in [0.4, 0.5) is 20.2 Å². The van der Waals surface area contributed by atoms with Gasteiger partial charge in [-0.1, -0.05) is 24.2 Å². The molecule has 0 heterocycles. The number of amides is 1. The van der Waals surface area contributed by atoms with E-state index in [0.717, 1.165) is 12.1 Å². The zero-order valence-corrected chi connectivity index (χ0v) is 13.7. The van der Waals surface area contributed by atoms with Crippen LogP contribution in [-0.4, -0.2) is 23.1 Å². The Morgan fingerprint density at radius 3 is 2.77 bits per heavy atom. The van der Waals surface area contributed by atoms with E-state index in [9.17, 15) is 23.7 Å². The van der Waals surface area contributed by atoms with Crippen molar-refractivity contribution in [3.05, 3.63) is 69.8 Å². The SMILES string of the molecule is CCC(ON=Cc1cccc([N+](=O)[O-])c1)C(=O)Nc1ccc(F)cc1F. The maximum absolute atomic E-state index is 13.6. The number of non-ortho nitro benzene ring substituents is 1. The Bertz CT molecular complexity index is 843. The molecule has 136 valence electrons. The Balaban J connectivity index is 2.01. The highest BCUT2D eigenvalue weighted by atomic mass is 19.1. The van der Waals surface area contributed by atoms with Crippen molar-refractivity contribution in [2.45, 2.75) is 19.4 Å². The van der Waals surface area contributed by atoms with E-state index >= 15 is 0 Å². The molecule has 7 nitrogen and oxygen atoms in total. The summed E-state index contributed by atoms with van der Waals surface area (Å²) >= 11 is 0. The van der Waals surface area contributed by atoms with E-state index in [1.54, 1.807) is 13.0 Å². The van der Waals surface area contributed by atoms with Crippen LogP contribution < -0.4 is 5.32 Å². The van der Waals surface area contributed by atoms with Crippen LogP contribution >= 0.6 is 0 Å². The van der Waals surface area contributed by atoms with E-state index in [0.29, 0.717) is 11.6 Å². The first-order valence-electron chi connectivity index (χ1n) is 7.60. The van der Waals surface area contributed by atoms with Crippen molar-refractivity contribution in [3.8, 4) is 0 Å². The number of rotatable bonds is 7. The summed E-state index contributed by atoms with van der Waals surface area (Å²) in [5, 5.41) is 16.7. The monoisotopic (exact) mass is 363 g/mol. The minimum absolute atomic E-state index is 0.106. The molecule has 0 spiro atoms. The summed E-state index contributed by atoms with van der Waals surface area (Å²) < 4.78 is 26.5. The van der Waals surface area contributed by atoms with Gasteiger partial charge in [-0.25, -0.2) is 8.78 Å². The number of carbonyl (C=O) groups is 1. The molecule has 0 saturated carbocycles. The smallest absolute Gasteiger partial charge is 0.270 e. The standard InChI is InChI=1S/C17H15F2N3O4/c1-2-16(17(23)21-15-7-6-12(18)9-14(15)19)26-20-10-11-4-3-5-13(8-11)22(24)25/h3-10,16H,2H2,1H3,(H,21,23). The van der Waals surface area contributed by atoms with E-state index in [1.165, 1.54) is 24.4 Å². The Morgan fingerprint density at radius 1 is 1.35 bits per heavy atom. The summed E-state index contributed by atoms with van der Waals surface area (Å²) in [6.07, 6.45) is 0.442. The molecule has 2 rings (SSSR count). The van der Waals surface area contributed by atoms with Gasteiger partial charge in [0.2, 0.25) is 6.10 Å². The average Bonchev–Trinajstić information content (AvgIpc) is 2.61. The molecule has 0 aromatic heterocycles. The predicted molar refractivity (Wildman–Crippen MR) is 90.8 cm³/mol. The molecule has 0 fully saturated rings. The molecule has 2 aromatic carbocycles. The predicted octanol–water partition coefficient (Wildman–Crippen LogP) is 3.64. The van der Waals surface area contributed by atoms with Crippen molar-refractivity contribution < 1.29 is 23.3 Å². The van der Waals surface area contributed by atoms with Gasteiger partial charge in [0.25, 0.3) is 11.6 Å². The van der Waals surface area contributed by atoms with Gasteiger partial charge < -0.3 is 10.2 Å². The van der Waals surface area contributed by atoms with Gasteiger partial charge in [0.05, 0.1) is 16.8 Å². The number of nitro groups is 1. The van der Waals surface area contributed by atoms with Crippen molar-refractivity contribution in [2.75, 3.05) is 5.32 Å². The third kappa shape index (κ3) is 5.07. The van der Waals surface area contributed by atoms with Gasteiger partial charge >= 0.3 is 0 Å². The lowest BCUT2D eigenvalue weighted by Crippen LogP contribution is -2.29. The minimum atomic E-state index is -1.02. The van der Waals surface area contributed by atoms with Crippen LogP contribution in [0.3, 0.4) is 0 Å². The Kier molecular flexibility index (Phi) is 6.31. The molecule has 0 aliphatic carbocycles. The molecule has 0 aliphatic rings. The van der Waals surface area contributed by atoms with Crippen LogP contribution in [0.5, 0.6) is 0 Å². The quantitative estimate of drug-likeness (QED) is 0.462. The van der Waals surface area contributed by atoms with E-state index in [1.807, 2.05) is 0 Å². The summed E-state index contributed by atoms with van der Waals surface area (Å²) in [5.41, 5.74) is 0.130. The first-order valence-corrected chi connectivity index (χ1v) is 7.60. The molecule has 0 bridgehead atoms. The summed E-state index contributed by atoms with van der Waals surface area (Å²) in [7, 11) is 0. The summed E-state index contributed by atoms with van der Waals surface area (Å²) in [5.74, 6) is -2.33. The second-order valence-corrected chi connectivity index (χ2v) is 5.20. The van der Waals surface area contributed by atoms with Gasteiger partial charge in [-0.2, -0.15) is 0 Å². The molecular formula is C17H15F2N3O4. The highest BCUT2D eigenvalue weighted by Gasteiger charge is 2.19. The molecule has 0 saturated heterocycles. The summed E-state index contributed by atoms with van der Waals surface area (Å²) in [6, 6.07) is 8.45. The minimum Gasteiger partial charge on any atom is -0.382 e. The van der Waals surface area contributed by atoms with Gasteiger partial charge in [-0.3, -0.25) is 14.9 Å². The van der Waals surface area contributed by atoms with Crippen LogP contribution in [0.1, 0.15) is 18.9 Å². The van der Waals surface area contributed by atoms with Crippen LogP contribution in [0.25, 0.3) is 0 Å². The van der Waals surface area contributed by atoms with Crippen molar-refractivity contribution in [1.29, 1.82) is 0 Å². The fourth-order valence-corrected chi connectivity index (χ4v) is 2.00. The topological polar surface area (TPSA) is 93.8 Å². The van der Waals surface area contributed by atoms with Gasteiger partial charge in [-0.05, 0) is 18.6 Å². The summed E-state index contributed by atoms with van der Waals surface area (Å²) in [4.78, 5) is 27.4. The number of anilines is 1. The lowest BCUT2D eigenvalue weighted by atomic mass is 10.2. The Morgan fingerprint density at radius 2 is 2.12 bits per heavy atom. The van der Waals surface area contributed by atoms with Crippen LogP contribution in [0.15, 0.2) is 47.6 Å². The number of carbonyl (C=O) groups excluding carboxylic acids is 1. The van der Waals surface area contributed by atoms with Crippen LogP contribution in [0, 0.1) is 21.7 Å². The largest absolute Gasteiger partial charge is 0.382 e. The van der Waals surface area contributed by atoms with Crippen molar-refractivity contribution in [2.24, 2.45) is 5.16 Å². The lowest BCUT2D eigenvalue weighted by molar-refractivity contribution is -0.384. The van der Waals surface area contributed by atoms with Gasteiger partial charge in [0.15, 0.2) is 0 Å². The zero-order chi connectivity index (χ0) is 19.1. The van der Waals surface area contributed by atoms with Crippen LogP contribution in [-0.2, 0) is 9.63 Å². The summed E-state index contributed by atoms with van der Waals surface area (Å²) in [6.45, 7) is 1.66. The van der Waals surface area contributed by atoms with Crippen molar-refractivity contribution >= 4 is 23.5 Å². The van der Waals surface area contributed by atoms with Gasteiger partial charge in [0.1, 0.15) is 11.6 Å². The highest BCUT2D eigenvalue weighted by molar-refractivity contribution is 5.94. The molecule has 1 atom stereocenters. The van der Waals surface area contributed by atoms with Crippen molar-refractivity contribution in [1.82, 2.24) is 0 Å². The molecule has 1 unspecified atom stereocenters. The highest BCUT2D eigenvalue weighted by Crippen LogP contribution is 2.16. The molecule has 1 N–H and O–H groups in total. The zero-order valence-electron chi connectivity index (χ0n) is 13.7. The van der Waals surface area contributed by atoms with E-state index in [-0.39, 0.29) is 17.8 Å². The van der Waals surface area contributed by atoms with Gasteiger partial charge in [0, 0.05) is 23.8 Å². The molecule has 26 heavy (non-hydrogen) atoms. The third-order valence-electron chi connectivity index (χ3n) is 3.32. The van der Waals surface area contributed by atoms with E-state index in [4.69, 9.17) is 4.84 Å². The van der Waals surface area contributed by atoms with Gasteiger partial charge in [-0.15, -0.1) is 0 Å². The fourth-order valence-electron chi connectivity index (χ4n) is 2.00. The number of halogens is 2. The number of hydrogen-bond donors (Lipinski definition) is 1. The Labute approximate surface area is 147 Å². The number of benzene rings is 2. The lowest BCUT2D eigenvalue weighted by Gasteiger charge is -2.13. The third-order valence-corrected chi connectivity index (χ3v) is 3.32. The normalized spacial score (nSPS) is 12.0. The number of nitrogens with zero attached hydrogens (tertiary/aromatic N) is 2. The van der Waals surface area contributed by atoms with Crippen molar-refractivity contribution in [3.63, 3.8) is 0 Å². The fraction of sp³-hybridized carbons (Fsp3) is 0.176. The first-order chi connectivity index (χ1) is 12.4. The van der Waals surface area contributed by atoms with Crippen LogP contribution in [0.2, 0.25) is 0 Å². The molecular weight excluding hydrogens is 348 g/mol. The maximum atomic E-state index is 13.6. The maximum Gasteiger partial charge on any atom is 0.270 e. The molecule has 1 amide bonds. The van der Waals surface area contributed by atoms with E-state index < -0.39 is 28.6 Å². The number of nitrogens with one attached hydrogen (secondary N) is 1. The first kappa shape index (κ1) is 19.0. The molecule has 9 heteroatoms. The number of oxime groups is 1. The number of nitro benzene ring substituents is 1. The second-order valence-electron chi connectivity index (χ2n) is 5.20. The number of hydrogen-bond acceptors (Lipinski definition) is 5. The van der Waals surface area contributed by atoms with E-state index in [2.05, 4.69) is 10.5 Å². The second kappa shape index (κ2) is 8.65. The Hall–Kier alpha value is -3.36. The molecule has 2 aromatic rings.